The van der Waals surface area contributed by atoms with Crippen molar-refractivity contribution in [2.75, 3.05) is 7.11 Å². The third-order valence-electron chi connectivity index (χ3n) is 4.86. The van der Waals surface area contributed by atoms with Gasteiger partial charge in [0.1, 0.15) is 11.6 Å². The highest BCUT2D eigenvalue weighted by molar-refractivity contribution is 6.09. The Bertz CT molecular complexity index is 1350. The maximum absolute atomic E-state index is 13.7. The Morgan fingerprint density at radius 2 is 2.00 bits per heavy atom. The molecule has 1 saturated heterocycles. The van der Waals surface area contributed by atoms with E-state index >= 15 is 0 Å². The molecular weight excluding hydrogens is 403 g/mol. The third kappa shape index (κ3) is 3.61. The fourth-order valence-corrected chi connectivity index (χ4v) is 3.36. The summed E-state index contributed by atoms with van der Waals surface area (Å²) in [6, 6.07) is 9.74. The summed E-state index contributed by atoms with van der Waals surface area (Å²) in [7, 11) is 1.50. The molecule has 0 saturated carbocycles. The lowest BCUT2D eigenvalue weighted by atomic mass is 9.99. The highest BCUT2D eigenvalue weighted by Gasteiger charge is 2.46. The highest BCUT2D eigenvalue weighted by atomic mass is 19.1. The molecule has 3 aromatic rings. The number of ether oxygens (including phenoxy) is 1. The van der Waals surface area contributed by atoms with Crippen LogP contribution >= 0.6 is 0 Å². The maximum atomic E-state index is 13.7. The molecule has 1 aliphatic rings. The molecule has 4 rings (SSSR count). The quantitative estimate of drug-likeness (QED) is 0.444. The first kappa shape index (κ1) is 19.8. The van der Waals surface area contributed by atoms with Crippen molar-refractivity contribution < 1.29 is 23.8 Å². The number of nitriles is 1. The second-order valence-electron chi connectivity index (χ2n) is 6.94. The molecule has 0 spiro atoms. The van der Waals surface area contributed by atoms with Crippen molar-refractivity contribution in [1.29, 1.82) is 5.26 Å². The number of aromatic hydroxyl groups is 1. The van der Waals surface area contributed by atoms with Gasteiger partial charge < -0.3 is 19.7 Å². The lowest BCUT2D eigenvalue weighted by molar-refractivity contribution is -0.122. The molecule has 9 heteroatoms. The molecule has 154 valence electrons. The van der Waals surface area contributed by atoms with E-state index in [1.807, 2.05) is 6.07 Å². The number of benzene rings is 2. The van der Waals surface area contributed by atoms with E-state index in [2.05, 4.69) is 22.5 Å². The number of carbonyl (C=O) groups excluding carboxylic acids is 2. The molecule has 3 N–H and O–H groups in total. The first-order chi connectivity index (χ1) is 14.8. The Morgan fingerprint density at radius 3 is 2.68 bits per heavy atom. The highest BCUT2D eigenvalue weighted by Crippen LogP contribution is 2.32. The van der Waals surface area contributed by atoms with Gasteiger partial charge in [-0.3, -0.25) is 10.1 Å². The molecule has 2 aromatic carbocycles. The Labute approximate surface area is 175 Å². The van der Waals surface area contributed by atoms with Gasteiger partial charge in [-0.25, -0.2) is 9.18 Å². The standard InChI is InChI=1S/C22H15FN4O4/c1-31-17-3-2-15-11-27(19(28)18(15)9-17)12-22(20(29)25-21(30)26-22)5-4-13-6-14(10-24)8-16(23)7-13/h2-3,6-9,11,28H,12H2,1H3,(H2,25,26,29,30)/t22-/m1/s1. The van der Waals surface area contributed by atoms with E-state index in [1.54, 1.807) is 24.4 Å². The number of rotatable bonds is 3. The van der Waals surface area contributed by atoms with Crippen LogP contribution in [0.3, 0.4) is 0 Å². The Balaban J connectivity index is 1.77. The van der Waals surface area contributed by atoms with Crippen molar-refractivity contribution >= 4 is 22.7 Å². The minimum Gasteiger partial charge on any atom is -0.497 e. The molecule has 1 aromatic heterocycles. The van der Waals surface area contributed by atoms with E-state index in [-0.39, 0.29) is 23.6 Å². The van der Waals surface area contributed by atoms with E-state index in [1.165, 1.54) is 17.7 Å². The Hall–Kier alpha value is -4.50. The summed E-state index contributed by atoms with van der Waals surface area (Å²) in [6.07, 6.45) is 1.61. The summed E-state index contributed by atoms with van der Waals surface area (Å²) in [5.41, 5.74) is -1.48. The monoisotopic (exact) mass is 418 g/mol. The summed E-state index contributed by atoms with van der Waals surface area (Å²) in [4.78, 5) is 24.5. The predicted molar refractivity (Wildman–Crippen MR) is 108 cm³/mol. The van der Waals surface area contributed by atoms with Crippen LogP contribution in [-0.4, -0.2) is 34.3 Å². The summed E-state index contributed by atoms with van der Waals surface area (Å²) < 4.78 is 20.3. The van der Waals surface area contributed by atoms with Crippen LogP contribution in [0.1, 0.15) is 11.1 Å². The number of carbonyl (C=O) groups is 2. The predicted octanol–water partition coefficient (Wildman–Crippen LogP) is 2.00. The van der Waals surface area contributed by atoms with Crippen LogP contribution in [-0.2, 0) is 11.3 Å². The molecule has 8 nitrogen and oxygen atoms in total. The number of methoxy groups -OCH3 is 1. The molecule has 3 amide bonds. The average Bonchev–Trinajstić information content (AvgIpc) is 3.21. The largest absolute Gasteiger partial charge is 0.497 e. The normalized spacial score (nSPS) is 17.5. The number of hydrogen-bond acceptors (Lipinski definition) is 5. The SMILES string of the molecule is COc1ccc2cn(C[C@@]3(C#Cc4cc(F)cc(C#N)c4)NC(=O)NC3=O)c(O)c2c1. The molecule has 0 unspecified atom stereocenters. The summed E-state index contributed by atoms with van der Waals surface area (Å²) in [6.45, 7) is -0.208. The van der Waals surface area contributed by atoms with E-state index in [0.29, 0.717) is 16.5 Å². The van der Waals surface area contributed by atoms with Crippen LogP contribution in [0.5, 0.6) is 11.6 Å². The van der Waals surface area contributed by atoms with Crippen LogP contribution in [0.4, 0.5) is 9.18 Å². The fourth-order valence-electron chi connectivity index (χ4n) is 3.36. The first-order valence-corrected chi connectivity index (χ1v) is 9.07. The van der Waals surface area contributed by atoms with E-state index in [4.69, 9.17) is 10.00 Å². The van der Waals surface area contributed by atoms with E-state index in [0.717, 1.165) is 12.1 Å². The topological polar surface area (TPSA) is 116 Å². The van der Waals surface area contributed by atoms with Crippen molar-refractivity contribution in [2.45, 2.75) is 12.1 Å². The smallest absolute Gasteiger partial charge is 0.323 e. The number of nitrogens with zero attached hydrogens (tertiary/aromatic N) is 2. The molecule has 2 heterocycles. The van der Waals surface area contributed by atoms with Gasteiger partial charge in [0.2, 0.25) is 5.54 Å². The minimum atomic E-state index is -1.72. The number of fused-ring (bicyclic) bond motifs is 1. The lowest BCUT2D eigenvalue weighted by Crippen LogP contribution is -2.49. The van der Waals surface area contributed by atoms with Crippen LogP contribution < -0.4 is 15.4 Å². The van der Waals surface area contributed by atoms with Crippen molar-refractivity contribution in [1.82, 2.24) is 15.2 Å². The van der Waals surface area contributed by atoms with Crippen molar-refractivity contribution in [2.24, 2.45) is 0 Å². The summed E-state index contributed by atoms with van der Waals surface area (Å²) in [5.74, 6) is 4.38. The average molecular weight is 418 g/mol. The zero-order valence-corrected chi connectivity index (χ0v) is 16.2. The Kier molecular flexibility index (Phi) is 4.72. The van der Waals surface area contributed by atoms with Gasteiger partial charge in [-0.05, 0) is 36.4 Å². The zero-order valence-electron chi connectivity index (χ0n) is 16.2. The summed E-state index contributed by atoms with van der Waals surface area (Å²) >= 11 is 0. The number of halogens is 1. The van der Waals surface area contributed by atoms with Crippen molar-refractivity contribution in [3.63, 3.8) is 0 Å². The number of nitrogens with one attached hydrogen (secondary N) is 2. The first-order valence-electron chi connectivity index (χ1n) is 9.07. The number of aromatic nitrogens is 1. The van der Waals surface area contributed by atoms with Gasteiger partial charge in [-0.1, -0.05) is 11.8 Å². The van der Waals surface area contributed by atoms with Gasteiger partial charge in [0.05, 0.1) is 25.3 Å². The van der Waals surface area contributed by atoms with Crippen molar-refractivity contribution in [3.05, 3.63) is 59.5 Å². The van der Waals surface area contributed by atoms with E-state index in [9.17, 15) is 19.1 Å². The van der Waals surface area contributed by atoms with Gasteiger partial charge in [0.25, 0.3) is 5.91 Å². The minimum absolute atomic E-state index is 0.0708. The molecule has 1 aliphatic heterocycles. The molecular formula is C22H15FN4O4. The maximum Gasteiger partial charge on any atom is 0.323 e. The third-order valence-corrected chi connectivity index (χ3v) is 4.86. The Morgan fingerprint density at radius 1 is 1.23 bits per heavy atom. The number of imide groups is 1. The zero-order chi connectivity index (χ0) is 22.2. The van der Waals surface area contributed by atoms with Crippen LogP contribution in [0.15, 0.2) is 42.6 Å². The fraction of sp³-hybridized carbons (Fsp3) is 0.136. The van der Waals surface area contributed by atoms with Crippen LogP contribution in [0, 0.1) is 29.0 Å². The van der Waals surface area contributed by atoms with E-state index < -0.39 is 23.3 Å². The van der Waals surface area contributed by atoms with Crippen LogP contribution in [0.2, 0.25) is 0 Å². The second-order valence-corrected chi connectivity index (χ2v) is 6.94. The lowest BCUT2D eigenvalue weighted by Gasteiger charge is -2.20. The summed E-state index contributed by atoms with van der Waals surface area (Å²) in [5, 5.41) is 25.5. The molecule has 31 heavy (non-hydrogen) atoms. The molecule has 1 atom stereocenters. The van der Waals surface area contributed by atoms with Gasteiger partial charge >= 0.3 is 6.03 Å². The van der Waals surface area contributed by atoms with Crippen molar-refractivity contribution in [3.8, 4) is 29.5 Å². The number of hydrogen-bond donors (Lipinski definition) is 3. The van der Waals surface area contributed by atoms with Gasteiger partial charge in [-0.15, -0.1) is 0 Å². The molecule has 0 aliphatic carbocycles. The molecule has 0 radical (unpaired) electrons. The molecule has 0 bridgehead atoms. The van der Waals surface area contributed by atoms with Crippen LogP contribution in [0.25, 0.3) is 10.8 Å². The van der Waals surface area contributed by atoms with Gasteiger partial charge in [0.15, 0.2) is 5.88 Å². The molecule has 1 fully saturated rings. The van der Waals surface area contributed by atoms with Gasteiger partial charge in [0, 0.05) is 22.5 Å². The second kappa shape index (κ2) is 7.39. The number of amides is 3. The number of urea groups is 1. The van der Waals surface area contributed by atoms with Gasteiger partial charge in [-0.2, -0.15) is 5.26 Å².